The molecule has 0 spiro atoms. The highest BCUT2D eigenvalue weighted by Gasteiger charge is 2.31. The quantitative estimate of drug-likeness (QED) is 0.790. The average molecular weight is 328 g/mol. The number of thioether (sulfide) groups is 1. The van der Waals surface area contributed by atoms with Gasteiger partial charge in [0, 0.05) is 22.8 Å². The van der Waals surface area contributed by atoms with Crippen molar-refractivity contribution in [2.24, 2.45) is 0 Å². The summed E-state index contributed by atoms with van der Waals surface area (Å²) in [4.78, 5) is 15.8. The molecule has 1 aromatic carbocycles. The van der Waals surface area contributed by atoms with Crippen molar-refractivity contribution in [1.82, 2.24) is 4.90 Å². The molecule has 1 aliphatic rings. The lowest BCUT2D eigenvalue weighted by molar-refractivity contribution is -0.131. The van der Waals surface area contributed by atoms with Crippen LogP contribution in [0, 0.1) is 0 Å². The Bertz CT molecular complexity index is 411. The van der Waals surface area contributed by atoms with E-state index in [0.29, 0.717) is 0 Å². The monoisotopic (exact) mass is 327 g/mol. The van der Waals surface area contributed by atoms with E-state index in [4.69, 9.17) is 0 Å². The first-order valence-corrected chi connectivity index (χ1v) is 8.24. The number of fused-ring (bicyclic) bond motifs is 1. The Labute approximate surface area is 121 Å². The van der Waals surface area contributed by atoms with Crippen LogP contribution in [0.25, 0.3) is 0 Å². The molecule has 0 fully saturated rings. The van der Waals surface area contributed by atoms with Crippen molar-refractivity contribution in [3.05, 3.63) is 29.8 Å². The highest BCUT2D eigenvalue weighted by Crippen LogP contribution is 2.37. The molecule has 1 aromatic rings. The zero-order chi connectivity index (χ0) is 13.1. The number of benzene rings is 1. The number of alkyl halides is 1. The lowest BCUT2D eigenvalue weighted by Gasteiger charge is -2.28. The van der Waals surface area contributed by atoms with Crippen molar-refractivity contribution in [1.29, 1.82) is 0 Å². The zero-order valence-electron chi connectivity index (χ0n) is 10.7. The highest BCUT2D eigenvalue weighted by atomic mass is 79.9. The fourth-order valence-corrected chi connectivity index (χ4v) is 3.87. The van der Waals surface area contributed by atoms with Gasteiger partial charge in [-0.1, -0.05) is 34.1 Å². The first-order chi connectivity index (χ1) is 8.63. The van der Waals surface area contributed by atoms with Crippen molar-refractivity contribution in [2.45, 2.75) is 36.5 Å². The zero-order valence-corrected chi connectivity index (χ0v) is 13.1. The third-order valence-corrected chi connectivity index (χ3v) is 4.81. The summed E-state index contributed by atoms with van der Waals surface area (Å²) in [6.07, 6.45) is 0.866. The summed E-state index contributed by atoms with van der Waals surface area (Å²) >= 11 is 5.13. The summed E-state index contributed by atoms with van der Waals surface area (Å²) in [6, 6.07) is 8.58. The van der Waals surface area contributed by atoms with Crippen molar-refractivity contribution < 1.29 is 4.79 Å². The number of halogens is 1. The summed E-state index contributed by atoms with van der Waals surface area (Å²) in [7, 11) is 0. The smallest absolute Gasteiger partial charge is 0.236 e. The summed E-state index contributed by atoms with van der Waals surface area (Å²) < 4.78 is 0. The summed E-state index contributed by atoms with van der Waals surface area (Å²) in [5.41, 5.74) is 1.31. The van der Waals surface area contributed by atoms with E-state index in [9.17, 15) is 4.79 Å². The van der Waals surface area contributed by atoms with Crippen molar-refractivity contribution in [3.8, 4) is 0 Å². The van der Waals surface area contributed by atoms with E-state index in [1.165, 1.54) is 10.5 Å². The Morgan fingerprint density at radius 2 is 2.22 bits per heavy atom. The Morgan fingerprint density at radius 3 is 2.83 bits per heavy atom. The second-order valence-corrected chi connectivity index (χ2v) is 6.77. The molecule has 1 unspecified atom stereocenters. The maximum absolute atomic E-state index is 12.5. The van der Waals surface area contributed by atoms with Gasteiger partial charge in [-0.25, -0.2) is 0 Å². The van der Waals surface area contributed by atoms with Crippen LogP contribution in [0.1, 0.15) is 19.4 Å². The van der Waals surface area contributed by atoms with Crippen LogP contribution in [-0.4, -0.2) is 34.0 Å². The number of hydrogen-bond donors (Lipinski definition) is 0. The largest absolute Gasteiger partial charge is 0.338 e. The van der Waals surface area contributed by atoms with Gasteiger partial charge in [0.1, 0.15) is 0 Å². The predicted molar refractivity (Wildman–Crippen MR) is 80.4 cm³/mol. The topological polar surface area (TPSA) is 20.3 Å². The van der Waals surface area contributed by atoms with Gasteiger partial charge in [-0.2, -0.15) is 0 Å². The van der Waals surface area contributed by atoms with Crippen LogP contribution in [0.2, 0.25) is 0 Å². The first-order valence-electron chi connectivity index (χ1n) is 6.24. The maximum atomic E-state index is 12.5. The molecule has 1 atom stereocenters. The van der Waals surface area contributed by atoms with E-state index < -0.39 is 0 Å². The van der Waals surface area contributed by atoms with Gasteiger partial charge < -0.3 is 4.90 Å². The molecule has 1 heterocycles. The van der Waals surface area contributed by atoms with Crippen LogP contribution in [-0.2, 0) is 11.2 Å². The molecule has 0 radical (unpaired) electrons. The molecule has 0 saturated carbocycles. The van der Waals surface area contributed by atoms with Gasteiger partial charge in [-0.05, 0) is 31.9 Å². The standard InChI is InChI=1S/C14H18BrNOS/c1-10(2)16(8-7-15)14(17)13-9-11-5-3-4-6-12(11)18-13/h3-6,10,13H,7-9H2,1-2H3. The summed E-state index contributed by atoms with van der Waals surface area (Å²) in [5, 5.41) is 0.894. The van der Waals surface area contributed by atoms with Crippen molar-refractivity contribution in [3.63, 3.8) is 0 Å². The molecular weight excluding hydrogens is 310 g/mol. The van der Waals surface area contributed by atoms with E-state index in [0.717, 1.165) is 18.3 Å². The van der Waals surface area contributed by atoms with Crippen LogP contribution in [0.15, 0.2) is 29.2 Å². The van der Waals surface area contributed by atoms with Gasteiger partial charge in [0.25, 0.3) is 0 Å². The molecule has 2 nitrogen and oxygen atoms in total. The molecule has 18 heavy (non-hydrogen) atoms. The van der Waals surface area contributed by atoms with Crippen molar-refractivity contribution in [2.75, 3.05) is 11.9 Å². The van der Waals surface area contributed by atoms with Gasteiger partial charge in [-0.3, -0.25) is 4.79 Å². The number of nitrogens with zero attached hydrogens (tertiary/aromatic N) is 1. The van der Waals surface area contributed by atoms with Crippen LogP contribution in [0.5, 0.6) is 0 Å². The molecule has 0 saturated heterocycles. The molecule has 0 N–H and O–H groups in total. The molecule has 0 bridgehead atoms. The fraction of sp³-hybridized carbons (Fsp3) is 0.500. The van der Waals surface area contributed by atoms with Gasteiger partial charge in [-0.15, -0.1) is 11.8 Å². The van der Waals surface area contributed by atoms with E-state index in [1.807, 2.05) is 17.0 Å². The maximum Gasteiger partial charge on any atom is 0.236 e. The lowest BCUT2D eigenvalue weighted by atomic mass is 10.1. The van der Waals surface area contributed by atoms with Gasteiger partial charge >= 0.3 is 0 Å². The molecule has 0 aliphatic carbocycles. The van der Waals surface area contributed by atoms with E-state index in [2.05, 4.69) is 41.9 Å². The second kappa shape index (κ2) is 6.11. The predicted octanol–water partition coefficient (Wildman–Crippen LogP) is 3.34. The van der Waals surface area contributed by atoms with Crippen LogP contribution in [0.3, 0.4) is 0 Å². The Kier molecular flexibility index (Phi) is 4.73. The minimum Gasteiger partial charge on any atom is -0.338 e. The molecule has 2 rings (SSSR count). The molecule has 98 valence electrons. The average Bonchev–Trinajstić information content (AvgIpc) is 2.78. The second-order valence-electron chi connectivity index (χ2n) is 4.73. The number of amides is 1. The number of carbonyl (C=O) groups excluding carboxylic acids is 1. The third-order valence-electron chi connectivity index (χ3n) is 3.15. The minimum atomic E-state index is 0.0591. The molecule has 0 aromatic heterocycles. The highest BCUT2D eigenvalue weighted by molar-refractivity contribution is 9.09. The normalized spacial score (nSPS) is 17.9. The molecular formula is C14H18BrNOS. The number of hydrogen-bond acceptors (Lipinski definition) is 2. The minimum absolute atomic E-state index is 0.0591. The van der Waals surface area contributed by atoms with Gasteiger partial charge in [0.2, 0.25) is 5.91 Å². The first kappa shape index (κ1) is 13.9. The fourth-order valence-electron chi connectivity index (χ4n) is 2.22. The molecule has 1 amide bonds. The number of carbonyl (C=O) groups is 1. The van der Waals surface area contributed by atoms with Crippen molar-refractivity contribution >= 4 is 33.6 Å². The van der Waals surface area contributed by atoms with E-state index in [-0.39, 0.29) is 17.2 Å². The van der Waals surface area contributed by atoms with Crippen LogP contribution >= 0.6 is 27.7 Å². The third kappa shape index (κ3) is 2.91. The molecule has 1 aliphatic heterocycles. The Morgan fingerprint density at radius 1 is 1.50 bits per heavy atom. The summed E-state index contributed by atoms with van der Waals surface area (Å²) in [6.45, 7) is 4.94. The van der Waals surface area contributed by atoms with Gasteiger partial charge in [0.05, 0.1) is 5.25 Å². The van der Waals surface area contributed by atoms with Crippen LogP contribution in [0.4, 0.5) is 0 Å². The number of rotatable bonds is 4. The Hall–Kier alpha value is -0.480. The van der Waals surface area contributed by atoms with Crippen LogP contribution < -0.4 is 0 Å². The molecule has 4 heteroatoms. The summed E-state index contributed by atoms with van der Waals surface area (Å²) in [5.74, 6) is 0.269. The lowest BCUT2D eigenvalue weighted by Crippen LogP contribution is -2.43. The Balaban J connectivity index is 2.08. The van der Waals surface area contributed by atoms with Gasteiger partial charge in [0.15, 0.2) is 0 Å². The van der Waals surface area contributed by atoms with E-state index >= 15 is 0 Å². The SMILES string of the molecule is CC(C)N(CCBr)C(=O)C1Cc2ccccc2S1. The van der Waals surface area contributed by atoms with E-state index in [1.54, 1.807) is 11.8 Å².